The van der Waals surface area contributed by atoms with Gasteiger partial charge in [0.05, 0.1) is 13.2 Å². The van der Waals surface area contributed by atoms with Crippen LogP contribution < -0.4 is 0 Å². The highest BCUT2D eigenvalue weighted by Crippen LogP contribution is 2.27. The summed E-state index contributed by atoms with van der Waals surface area (Å²) in [5, 5.41) is 0. The minimum Gasteiger partial charge on any atom is -0.448 e. The third-order valence-corrected chi connectivity index (χ3v) is 9.87. The van der Waals surface area contributed by atoms with Gasteiger partial charge in [-0.3, -0.25) is 0 Å². The average Bonchev–Trinajstić information content (AvgIpc) is 3.15. The van der Waals surface area contributed by atoms with Gasteiger partial charge >= 0.3 is 6.09 Å². The zero-order chi connectivity index (χ0) is 38.3. The Morgan fingerprint density at radius 2 is 1.13 bits per heavy atom. The number of hydrogen-bond acceptors (Lipinski definition) is 5. The standard InChI is InChI=1S/C47H84N2O4/c1-5-7-9-11-13-15-17-19-21-23-25-27-29-31-33-35-41-51-45-47(38-37-39-49(44-47)46(50)52-43-40-48(3)4)53-42-36-34-32-30-28-26-24-22-20-18-16-14-12-10-8-6-2/h8,10,13-16,19-22H,5-7,9,11-12,17-18,23-45H2,1-4H3/b10-8-,15-13-,16-14-,21-19-,22-20-. The van der Waals surface area contributed by atoms with Crippen molar-refractivity contribution >= 4 is 6.09 Å². The second kappa shape index (κ2) is 36.8. The van der Waals surface area contributed by atoms with Crippen LogP contribution in [0, 0.1) is 0 Å². The fraction of sp³-hybridized carbons (Fsp3) is 0.766. The van der Waals surface area contributed by atoms with E-state index in [0.29, 0.717) is 19.8 Å². The van der Waals surface area contributed by atoms with Crippen molar-refractivity contribution in [2.45, 2.75) is 174 Å². The Hall–Kier alpha value is -2.15. The lowest BCUT2D eigenvalue weighted by Gasteiger charge is -2.42. The van der Waals surface area contributed by atoms with Gasteiger partial charge in [0.25, 0.3) is 0 Å². The molecule has 0 aliphatic carbocycles. The first-order valence-electron chi connectivity index (χ1n) is 22.1. The van der Waals surface area contributed by atoms with Crippen molar-refractivity contribution in [1.29, 1.82) is 0 Å². The summed E-state index contributed by atoms with van der Waals surface area (Å²) in [7, 11) is 3.99. The molecule has 53 heavy (non-hydrogen) atoms. The maximum absolute atomic E-state index is 12.9. The largest absolute Gasteiger partial charge is 0.448 e. The van der Waals surface area contributed by atoms with Crippen LogP contribution in [0.4, 0.5) is 4.79 Å². The van der Waals surface area contributed by atoms with Crippen molar-refractivity contribution in [1.82, 2.24) is 9.80 Å². The predicted molar refractivity (Wildman–Crippen MR) is 229 cm³/mol. The van der Waals surface area contributed by atoms with E-state index in [0.717, 1.165) is 77.7 Å². The van der Waals surface area contributed by atoms with E-state index >= 15 is 0 Å². The number of carbonyl (C=O) groups excluding carboxylic acids is 1. The normalized spacial score (nSPS) is 17.0. The predicted octanol–water partition coefficient (Wildman–Crippen LogP) is 13.0. The van der Waals surface area contributed by atoms with Crippen LogP contribution in [0.5, 0.6) is 0 Å². The quantitative estimate of drug-likeness (QED) is 0.0478. The lowest BCUT2D eigenvalue weighted by molar-refractivity contribution is -0.128. The van der Waals surface area contributed by atoms with Crippen molar-refractivity contribution in [2.24, 2.45) is 0 Å². The van der Waals surface area contributed by atoms with Crippen LogP contribution in [0.15, 0.2) is 60.8 Å². The van der Waals surface area contributed by atoms with Gasteiger partial charge in [-0.05, 0) is 104 Å². The number of ether oxygens (including phenoxy) is 3. The minimum absolute atomic E-state index is 0.226. The number of amides is 1. The number of rotatable bonds is 35. The molecule has 0 radical (unpaired) electrons. The van der Waals surface area contributed by atoms with Crippen LogP contribution >= 0.6 is 0 Å². The van der Waals surface area contributed by atoms with Crippen LogP contribution in [0.1, 0.15) is 168 Å². The number of piperidine rings is 1. The maximum atomic E-state index is 12.9. The molecular weight excluding hydrogens is 657 g/mol. The Morgan fingerprint density at radius 3 is 1.70 bits per heavy atom. The topological polar surface area (TPSA) is 51.2 Å². The molecule has 1 fully saturated rings. The molecular formula is C47H84N2O4. The molecule has 0 aromatic carbocycles. The molecule has 6 heteroatoms. The zero-order valence-corrected chi connectivity index (χ0v) is 35.2. The number of likely N-dealkylation sites (tertiary alicyclic amines) is 1. The van der Waals surface area contributed by atoms with Crippen molar-refractivity contribution in [2.75, 3.05) is 60.2 Å². The van der Waals surface area contributed by atoms with Crippen molar-refractivity contribution in [3.05, 3.63) is 60.8 Å². The molecule has 1 rings (SSSR count). The molecule has 0 saturated carbocycles. The first-order valence-corrected chi connectivity index (χ1v) is 22.1. The van der Waals surface area contributed by atoms with E-state index in [1.165, 1.54) is 103 Å². The van der Waals surface area contributed by atoms with Gasteiger partial charge < -0.3 is 24.0 Å². The maximum Gasteiger partial charge on any atom is 0.409 e. The molecule has 1 aliphatic rings. The second-order valence-corrected chi connectivity index (χ2v) is 15.3. The van der Waals surface area contributed by atoms with Crippen LogP contribution in [-0.4, -0.2) is 81.7 Å². The summed E-state index contributed by atoms with van der Waals surface area (Å²) in [6.45, 7) is 8.87. The van der Waals surface area contributed by atoms with Crippen LogP contribution in [-0.2, 0) is 14.2 Å². The number of unbranched alkanes of at least 4 members (excludes halogenated alkanes) is 15. The molecule has 1 aliphatic heterocycles. The molecule has 1 atom stereocenters. The summed E-state index contributed by atoms with van der Waals surface area (Å²) in [6.07, 6.45) is 51.2. The number of hydrogen-bond donors (Lipinski definition) is 0. The second-order valence-electron chi connectivity index (χ2n) is 15.3. The highest BCUT2D eigenvalue weighted by atomic mass is 16.6. The molecule has 1 unspecified atom stereocenters. The molecule has 0 spiro atoms. The summed E-state index contributed by atoms with van der Waals surface area (Å²) in [5.74, 6) is 0. The summed E-state index contributed by atoms with van der Waals surface area (Å²) in [4.78, 5) is 16.8. The Morgan fingerprint density at radius 1 is 0.623 bits per heavy atom. The summed E-state index contributed by atoms with van der Waals surface area (Å²) < 4.78 is 18.5. The molecule has 1 saturated heterocycles. The van der Waals surface area contributed by atoms with Crippen molar-refractivity contribution < 1.29 is 19.0 Å². The van der Waals surface area contributed by atoms with E-state index in [1.807, 2.05) is 23.9 Å². The smallest absolute Gasteiger partial charge is 0.409 e. The highest BCUT2D eigenvalue weighted by molar-refractivity contribution is 5.67. The Labute approximate surface area is 328 Å². The average molecular weight is 741 g/mol. The number of allylic oxidation sites excluding steroid dienone is 10. The van der Waals surface area contributed by atoms with Crippen molar-refractivity contribution in [3.8, 4) is 0 Å². The van der Waals surface area contributed by atoms with Crippen LogP contribution in [0.3, 0.4) is 0 Å². The van der Waals surface area contributed by atoms with Crippen LogP contribution in [0.25, 0.3) is 0 Å². The minimum atomic E-state index is -0.440. The third-order valence-electron chi connectivity index (χ3n) is 9.87. The molecule has 1 amide bonds. The number of likely N-dealkylation sites (N-methyl/N-ethyl adjacent to an activating group) is 1. The number of carbonyl (C=O) groups is 1. The zero-order valence-electron chi connectivity index (χ0n) is 35.2. The fourth-order valence-corrected chi connectivity index (χ4v) is 6.58. The molecule has 6 nitrogen and oxygen atoms in total. The molecule has 0 N–H and O–H groups in total. The lowest BCUT2D eigenvalue weighted by atomic mass is 9.93. The van der Waals surface area contributed by atoms with Gasteiger partial charge in [-0.15, -0.1) is 0 Å². The molecule has 0 aromatic heterocycles. The lowest BCUT2D eigenvalue weighted by Crippen LogP contribution is -2.54. The van der Waals surface area contributed by atoms with Gasteiger partial charge in [-0.1, -0.05) is 139 Å². The summed E-state index contributed by atoms with van der Waals surface area (Å²) >= 11 is 0. The Bertz CT molecular complexity index is 972. The van der Waals surface area contributed by atoms with Crippen molar-refractivity contribution in [3.63, 3.8) is 0 Å². The van der Waals surface area contributed by atoms with Gasteiger partial charge in [0.2, 0.25) is 0 Å². The van der Waals surface area contributed by atoms with E-state index in [4.69, 9.17) is 14.2 Å². The van der Waals surface area contributed by atoms with E-state index in [1.54, 1.807) is 0 Å². The molecule has 306 valence electrons. The monoisotopic (exact) mass is 741 g/mol. The number of nitrogens with zero attached hydrogens (tertiary/aromatic N) is 2. The summed E-state index contributed by atoms with van der Waals surface area (Å²) in [6, 6.07) is 0. The molecule has 0 aromatic rings. The fourth-order valence-electron chi connectivity index (χ4n) is 6.58. The van der Waals surface area contributed by atoms with E-state index < -0.39 is 5.60 Å². The Balaban J connectivity index is 2.29. The highest BCUT2D eigenvalue weighted by Gasteiger charge is 2.39. The van der Waals surface area contributed by atoms with Gasteiger partial charge in [-0.25, -0.2) is 4.79 Å². The van der Waals surface area contributed by atoms with Crippen LogP contribution in [0.2, 0.25) is 0 Å². The first kappa shape index (κ1) is 48.9. The third kappa shape index (κ3) is 30.8. The van der Waals surface area contributed by atoms with Gasteiger partial charge in [0.15, 0.2) is 0 Å². The van der Waals surface area contributed by atoms with Gasteiger partial charge in [-0.2, -0.15) is 0 Å². The van der Waals surface area contributed by atoms with E-state index in [9.17, 15) is 4.79 Å². The molecule has 0 bridgehead atoms. The SMILES string of the molecule is CC/C=C\C/C=C\C/C=C\CCCCCCCCOC1(COCCCCCCCC/C=C\C/C=C\CCCCC)CCCN(C(=O)OCCN(C)C)C1. The van der Waals surface area contributed by atoms with E-state index in [-0.39, 0.29) is 6.09 Å². The molecule has 1 heterocycles. The van der Waals surface area contributed by atoms with E-state index in [2.05, 4.69) is 74.6 Å². The summed E-state index contributed by atoms with van der Waals surface area (Å²) in [5.41, 5.74) is -0.440. The van der Waals surface area contributed by atoms with Gasteiger partial charge in [0.1, 0.15) is 12.2 Å². The van der Waals surface area contributed by atoms with Gasteiger partial charge in [0, 0.05) is 26.3 Å². The first-order chi connectivity index (χ1) is 26.0. The Kier molecular flexibility index (Phi) is 33.9.